The maximum Gasteiger partial charge on any atom is 0.417 e. The number of carbonyl (C=O) groups is 1. The number of amides is 1. The van der Waals surface area contributed by atoms with Crippen molar-refractivity contribution in [3.63, 3.8) is 0 Å². The summed E-state index contributed by atoms with van der Waals surface area (Å²) in [5.74, 6) is 0.665. The van der Waals surface area contributed by atoms with Crippen LogP contribution in [0.5, 0.6) is 0 Å². The van der Waals surface area contributed by atoms with E-state index >= 15 is 0 Å². The molecule has 0 N–H and O–H groups in total. The number of pyridine rings is 1. The lowest BCUT2D eigenvalue weighted by molar-refractivity contribution is -0.137. The van der Waals surface area contributed by atoms with Crippen LogP contribution in [0, 0.1) is 0 Å². The molecule has 2 fully saturated rings. The molecule has 1 aliphatic heterocycles. The summed E-state index contributed by atoms with van der Waals surface area (Å²) < 4.78 is 40.4. The van der Waals surface area contributed by atoms with Gasteiger partial charge in [0.1, 0.15) is 11.5 Å². The zero-order valence-corrected chi connectivity index (χ0v) is 18.5. The maximum absolute atomic E-state index is 13.3. The second-order valence-corrected chi connectivity index (χ2v) is 9.52. The minimum Gasteiger partial charge on any atom is -0.352 e. The quantitative estimate of drug-likeness (QED) is 0.681. The van der Waals surface area contributed by atoms with Gasteiger partial charge >= 0.3 is 6.18 Å². The molecular formula is C21H25ClF3N5O. The second-order valence-electron chi connectivity index (χ2n) is 9.12. The molecule has 1 saturated carbocycles. The van der Waals surface area contributed by atoms with Crippen LogP contribution in [0.25, 0.3) is 0 Å². The van der Waals surface area contributed by atoms with E-state index in [1.54, 1.807) is 4.90 Å². The SMILES string of the molecule is CC(C)(C)n1nc(C2CC2)cc1C(=O)N1CCN(c2ncc(C(F)(F)F)cc2Cl)CC1. The Morgan fingerprint density at radius 1 is 1.10 bits per heavy atom. The number of hydrogen-bond donors (Lipinski definition) is 0. The summed E-state index contributed by atoms with van der Waals surface area (Å²) in [4.78, 5) is 20.8. The Morgan fingerprint density at radius 3 is 2.26 bits per heavy atom. The Balaban J connectivity index is 1.48. The number of nitrogens with zero attached hydrogens (tertiary/aromatic N) is 5. The standard InChI is InChI=1S/C21H25ClF3N5O/c1-20(2,3)30-17(11-16(27-30)13-4-5-13)19(31)29-8-6-28(7-9-29)18-15(22)10-14(12-26-18)21(23,24)25/h10-13H,4-9H2,1-3H3. The number of hydrogen-bond acceptors (Lipinski definition) is 4. The zero-order valence-electron chi connectivity index (χ0n) is 17.7. The highest BCUT2D eigenvalue weighted by Crippen LogP contribution is 2.40. The van der Waals surface area contributed by atoms with Gasteiger partial charge in [0.2, 0.25) is 0 Å². The van der Waals surface area contributed by atoms with Crippen LogP contribution >= 0.6 is 11.6 Å². The molecule has 2 aromatic heterocycles. The van der Waals surface area contributed by atoms with E-state index in [-0.39, 0.29) is 16.5 Å². The van der Waals surface area contributed by atoms with Gasteiger partial charge in [-0.2, -0.15) is 18.3 Å². The summed E-state index contributed by atoms with van der Waals surface area (Å²) >= 11 is 6.08. The largest absolute Gasteiger partial charge is 0.417 e. The molecule has 0 bridgehead atoms. The van der Waals surface area contributed by atoms with Gasteiger partial charge < -0.3 is 9.80 Å². The van der Waals surface area contributed by atoms with Crippen LogP contribution in [0.4, 0.5) is 19.0 Å². The Morgan fingerprint density at radius 2 is 1.74 bits per heavy atom. The van der Waals surface area contributed by atoms with Gasteiger partial charge in [-0.1, -0.05) is 11.6 Å². The first-order chi connectivity index (χ1) is 14.4. The van der Waals surface area contributed by atoms with E-state index in [2.05, 4.69) is 4.98 Å². The smallest absolute Gasteiger partial charge is 0.352 e. The predicted octanol–water partition coefficient (Wildman–Crippen LogP) is 4.55. The van der Waals surface area contributed by atoms with Crippen molar-refractivity contribution in [3.05, 3.63) is 40.3 Å². The number of aromatic nitrogens is 3. The lowest BCUT2D eigenvalue weighted by Crippen LogP contribution is -2.49. The van der Waals surface area contributed by atoms with E-state index < -0.39 is 11.7 Å². The van der Waals surface area contributed by atoms with E-state index in [1.165, 1.54) is 0 Å². The van der Waals surface area contributed by atoms with Crippen molar-refractivity contribution >= 4 is 23.3 Å². The van der Waals surface area contributed by atoms with Crippen molar-refractivity contribution in [2.45, 2.75) is 51.2 Å². The summed E-state index contributed by atoms with van der Waals surface area (Å²) in [5, 5.41) is 4.65. The van der Waals surface area contributed by atoms with Crippen molar-refractivity contribution in [3.8, 4) is 0 Å². The summed E-state index contributed by atoms with van der Waals surface area (Å²) in [6.07, 6.45) is -1.49. The molecule has 2 aromatic rings. The highest BCUT2D eigenvalue weighted by Gasteiger charge is 2.35. The molecule has 3 heterocycles. The highest BCUT2D eigenvalue weighted by atomic mass is 35.5. The number of halogens is 4. The highest BCUT2D eigenvalue weighted by molar-refractivity contribution is 6.33. The first kappa shape index (κ1) is 21.9. The van der Waals surface area contributed by atoms with Crippen molar-refractivity contribution in [1.82, 2.24) is 19.7 Å². The Hall–Kier alpha value is -2.29. The van der Waals surface area contributed by atoms with E-state index in [4.69, 9.17) is 16.7 Å². The number of rotatable bonds is 3. The normalized spacial score (nSPS) is 17.9. The Kier molecular flexibility index (Phi) is 5.44. The Bertz CT molecular complexity index is 986. The monoisotopic (exact) mass is 455 g/mol. The molecule has 1 aliphatic carbocycles. The lowest BCUT2D eigenvalue weighted by atomic mass is 10.1. The fraction of sp³-hybridized carbons (Fsp3) is 0.571. The summed E-state index contributed by atoms with van der Waals surface area (Å²) in [6.45, 7) is 7.76. The summed E-state index contributed by atoms with van der Waals surface area (Å²) in [6, 6.07) is 2.80. The van der Waals surface area contributed by atoms with E-state index in [1.807, 2.05) is 36.4 Å². The summed E-state index contributed by atoms with van der Waals surface area (Å²) in [7, 11) is 0. The van der Waals surface area contributed by atoms with Crippen molar-refractivity contribution in [1.29, 1.82) is 0 Å². The van der Waals surface area contributed by atoms with Gasteiger partial charge in [0.05, 0.1) is 21.8 Å². The number of alkyl halides is 3. The van der Waals surface area contributed by atoms with Crippen LogP contribution in [-0.2, 0) is 11.7 Å². The molecule has 6 nitrogen and oxygen atoms in total. The molecule has 0 radical (unpaired) electrons. The molecule has 0 spiro atoms. The average Bonchev–Trinajstić information content (AvgIpc) is 3.44. The Labute approximate surface area is 184 Å². The molecule has 1 saturated heterocycles. The van der Waals surface area contributed by atoms with Crippen LogP contribution in [0.15, 0.2) is 18.3 Å². The van der Waals surface area contributed by atoms with Crippen LogP contribution in [-0.4, -0.2) is 51.8 Å². The first-order valence-corrected chi connectivity index (χ1v) is 10.7. The predicted molar refractivity (Wildman–Crippen MR) is 112 cm³/mol. The van der Waals surface area contributed by atoms with Gasteiger partial charge in [0.15, 0.2) is 0 Å². The van der Waals surface area contributed by atoms with E-state index in [0.29, 0.717) is 43.6 Å². The van der Waals surface area contributed by atoms with E-state index in [9.17, 15) is 18.0 Å². The third-order valence-corrected chi connectivity index (χ3v) is 5.87. The van der Waals surface area contributed by atoms with Gasteiger partial charge in [-0.3, -0.25) is 9.48 Å². The molecule has 2 aliphatic rings. The average molecular weight is 456 g/mol. The van der Waals surface area contributed by atoms with Gasteiger partial charge in [-0.15, -0.1) is 0 Å². The van der Waals surface area contributed by atoms with Crippen molar-refractivity contribution in [2.75, 3.05) is 31.1 Å². The molecule has 1 amide bonds. The number of anilines is 1. The molecular weight excluding hydrogens is 431 g/mol. The topological polar surface area (TPSA) is 54.3 Å². The fourth-order valence-corrected chi connectivity index (χ4v) is 4.03. The first-order valence-electron chi connectivity index (χ1n) is 10.3. The minimum atomic E-state index is -4.49. The molecule has 31 heavy (non-hydrogen) atoms. The molecule has 10 heteroatoms. The number of carbonyl (C=O) groups excluding carboxylic acids is 1. The third-order valence-electron chi connectivity index (χ3n) is 5.59. The number of piperazine rings is 1. The van der Waals surface area contributed by atoms with Crippen molar-refractivity contribution < 1.29 is 18.0 Å². The molecule has 0 aromatic carbocycles. The van der Waals surface area contributed by atoms with Gasteiger partial charge in [-0.25, -0.2) is 4.98 Å². The zero-order chi connectivity index (χ0) is 22.6. The fourth-order valence-electron chi connectivity index (χ4n) is 3.74. The van der Waals surface area contributed by atoms with Crippen molar-refractivity contribution in [2.24, 2.45) is 0 Å². The van der Waals surface area contributed by atoms with Crippen LogP contribution in [0.1, 0.15) is 61.3 Å². The van der Waals surface area contributed by atoms with Gasteiger partial charge in [-0.05, 0) is 45.7 Å². The van der Waals surface area contributed by atoms with Crippen LogP contribution in [0.3, 0.4) is 0 Å². The molecule has 4 rings (SSSR count). The molecule has 0 atom stereocenters. The molecule has 0 unspecified atom stereocenters. The minimum absolute atomic E-state index is 0.0468. The maximum atomic E-state index is 13.3. The summed E-state index contributed by atoms with van der Waals surface area (Å²) in [5.41, 5.74) is 0.348. The van der Waals surface area contributed by atoms with Gasteiger partial charge in [0, 0.05) is 38.3 Å². The van der Waals surface area contributed by atoms with Crippen LogP contribution in [0.2, 0.25) is 5.02 Å². The molecule has 168 valence electrons. The lowest BCUT2D eigenvalue weighted by Gasteiger charge is -2.36. The van der Waals surface area contributed by atoms with E-state index in [0.717, 1.165) is 30.8 Å². The third kappa shape index (κ3) is 4.51. The van der Waals surface area contributed by atoms with Crippen LogP contribution < -0.4 is 4.90 Å². The van der Waals surface area contributed by atoms with Gasteiger partial charge in [0.25, 0.3) is 5.91 Å². The second kappa shape index (κ2) is 7.69.